The smallest absolute Gasteiger partial charge is 0.238 e. The lowest BCUT2D eigenvalue weighted by Gasteiger charge is -2.52. The van der Waals surface area contributed by atoms with Gasteiger partial charge in [0.25, 0.3) is 0 Å². The van der Waals surface area contributed by atoms with E-state index in [0.29, 0.717) is 19.5 Å². The number of methoxy groups -OCH3 is 1. The van der Waals surface area contributed by atoms with E-state index in [1.807, 2.05) is 54.3 Å². The molecule has 7 heteroatoms. The highest BCUT2D eigenvalue weighted by atomic mass is 16.5. The fraction of sp³-hybridized carbons (Fsp3) is 0.440. The number of fused-ring (bicyclic) bond motifs is 4. The minimum absolute atomic E-state index is 0.0732. The number of likely N-dealkylation sites (tertiary alicyclic amines) is 1. The van der Waals surface area contributed by atoms with E-state index >= 15 is 0 Å². The first-order valence-electron chi connectivity index (χ1n) is 11.1. The Bertz CT molecular complexity index is 1050. The second kappa shape index (κ2) is 7.73. The van der Waals surface area contributed by atoms with Crippen LogP contribution in [0.4, 0.5) is 5.69 Å². The van der Waals surface area contributed by atoms with Crippen molar-refractivity contribution in [1.82, 2.24) is 9.80 Å². The zero-order valence-corrected chi connectivity index (χ0v) is 18.8. The minimum Gasteiger partial charge on any atom is -0.497 e. The fourth-order valence-electron chi connectivity index (χ4n) is 5.26. The van der Waals surface area contributed by atoms with E-state index in [1.54, 1.807) is 19.1 Å². The number of nitrogens with zero attached hydrogens (tertiary/aromatic N) is 3. The number of para-hydroxylation sites is 1. The van der Waals surface area contributed by atoms with Crippen LogP contribution < -0.4 is 14.4 Å². The lowest BCUT2D eigenvalue weighted by Crippen LogP contribution is -2.64. The van der Waals surface area contributed by atoms with Crippen LogP contribution in [0, 0.1) is 5.92 Å². The molecule has 0 N–H and O–H groups in total. The highest BCUT2D eigenvalue weighted by Crippen LogP contribution is 2.50. The molecule has 0 aromatic heterocycles. The quantitative estimate of drug-likeness (QED) is 0.694. The first kappa shape index (κ1) is 20.7. The molecule has 0 saturated carbocycles. The van der Waals surface area contributed by atoms with E-state index in [9.17, 15) is 9.59 Å². The molecule has 2 aromatic rings. The summed E-state index contributed by atoms with van der Waals surface area (Å²) in [5, 5.41) is 0. The van der Waals surface area contributed by atoms with Gasteiger partial charge in [0.05, 0.1) is 7.11 Å². The molecule has 2 aromatic carbocycles. The molecule has 3 aliphatic rings. The second-order valence-corrected chi connectivity index (χ2v) is 9.01. The number of carbonyl (C=O) groups is 2. The molecule has 2 bridgehead atoms. The zero-order valence-electron chi connectivity index (χ0n) is 18.8. The van der Waals surface area contributed by atoms with Crippen molar-refractivity contribution in [2.24, 2.45) is 5.92 Å². The predicted octanol–water partition coefficient (Wildman–Crippen LogP) is 2.71. The Morgan fingerprint density at radius 1 is 1.09 bits per heavy atom. The molecule has 3 atom stereocenters. The number of hydrogen-bond acceptors (Lipinski definition) is 5. The van der Waals surface area contributed by atoms with Gasteiger partial charge in [0.2, 0.25) is 11.8 Å². The summed E-state index contributed by atoms with van der Waals surface area (Å²) in [4.78, 5) is 32.8. The van der Waals surface area contributed by atoms with Crippen molar-refractivity contribution >= 4 is 17.5 Å². The molecular formula is C25H29N3O4. The SMILES string of the molecule is COc1cccc(N2CCN(C(=O)[C@@H]3C(=O)N(C)[C@]4(C)C[C@@H]3c3ccccc3O4)CC2)c1. The Kier molecular flexibility index (Phi) is 4.99. The molecule has 5 rings (SSSR count). The third-order valence-electron chi connectivity index (χ3n) is 7.23. The third kappa shape index (κ3) is 3.27. The van der Waals surface area contributed by atoms with Gasteiger partial charge in [0, 0.05) is 57.3 Å². The van der Waals surface area contributed by atoms with Crippen LogP contribution in [0.25, 0.3) is 0 Å². The van der Waals surface area contributed by atoms with Crippen molar-refractivity contribution in [1.29, 1.82) is 0 Å². The normalized spacial score (nSPS) is 27.0. The number of ether oxygens (including phenoxy) is 2. The number of amides is 2. The van der Waals surface area contributed by atoms with Crippen LogP contribution in [0.15, 0.2) is 48.5 Å². The van der Waals surface area contributed by atoms with Crippen LogP contribution in [0.5, 0.6) is 11.5 Å². The van der Waals surface area contributed by atoms with E-state index in [2.05, 4.69) is 11.0 Å². The fourth-order valence-corrected chi connectivity index (χ4v) is 5.26. The molecule has 3 heterocycles. The number of benzene rings is 2. The molecule has 32 heavy (non-hydrogen) atoms. The minimum atomic E-state index is -0.724. The van der Waals surface area contributed by atoms with Gasteiger partial charge in [-0.05, 0) is 30.7 Å². The van der Waals surface area contributed by atoms with Crippen LogP contribution >= 0.6 is 0 Å². The summed E-state index contributed by atoms with van der Waals surface area (Å²) < 4.78 is 11.5. The lowest BCUT2D eigenvalue weighted by atomic mass is 9.73. The standard InChI is InChI=1S/C25H29N3O4/c1-25-16-20(19-9-4-5-10-21(19)32-25)22(23(29)26(25)2)24(30)28-13-11-27(12-14-28)17-7-6-8-18(15-17)31-3/h4-10,15,20,22H,11-14,16H2,1-3H3/t20-,22+,25+/m1/s1. The Morgan fingerprint density at radius 2 is 1.84 bits per heavy atom. The molecule has 168 valence electrons. The van der Waals surface area contributed by atoms with Gasteiger partial charge in [-0.3, -0.25) is 9.59 Å². The van der Waals surface area contributed by atoms with Crippen molar-refractivity contribution in [3.8, 4) is 11.5 Å². The predicted molar refractivity (Wildman–Crippen MR) is 121 cm³/mol. The summed E-state index contributed by atoms with van der Waals surface area (Å²) in [7, 11) is 3.40. The van der Waals surface area contributed by atoms with E-state index in [0.717, 1.165) is 35.8 Å². The van der Waals surface area contributed by atoms with Gasteiger partial charge in [-0.1, -0.05) is 24.3 Å². The van der Waals surface area contributed by atoms with Gasteiger partial charge in [-0.2, -0.15) is 0 Å². The molecule has 0 aliphatic carbocycles. The highest BCUT2D eigenvalue weighted by molar-refractivity contribution is 6.02. The van der Waals surface area contributed by atoms with Crippen molar-refractivity contribution in [3.63, 3.8) is 0 Å². The largest absolute Gasteiger partial charge is 0.497 e. The third-order valence-corrected chi connectivity index (χ3v) is 7.23. The number of piperidine rings is 1. The molecule has 0 spiro atoms. The second-order valence-electron chi connectivity index (χ2n) is 9.01. The highest BCUT2D eigenvalue weighted by Gasteiger charge is 2.55. The molecule has 3 aliphatic heterocycles. The number of piperazine rings is 1. The van der Waals surface area contributed by atoms with Gasteiger partial charge in [-0.25, -0.2) is 0 Å². The van der Waals surface area contributed by atoms with Crippen LogP contribution in [-0.4, -0.2) is 67.7 Å². The van der Waals surface area contributed by atoms with Crippen molar-refractivity contribution in [2.45, 2.75) is 25.0 Å². The summed E-state index contributed by atoms with van der Waals surface area (Å²) in [6, 6.07) is 15.8. The molecule has 0 unspecified atom stereocenters. The molecule has 2 amide bonds. The first-order chi connectivity index (χ1) is 15.4. The summed E-state index contributed by atoms with van der Waals surface area (Å²) in [6.07, 6.45) is 0.617. The maximum Gasteiger partial charge on any atom is 0.238 e. The lowest BCUT2D eigenvalue weighted by molar-refractivity contribution is -0.174. The van der Waals surface area contributed by atoms with E-state index in [4.69, 9.17) is 9.47 Å². The maximum absolute atomic E-state index is 13.7. The van der Waals surface area contributed by atoms with Gasteiger partial charge < -0.3 is 24.2 Å². The van der Waals surface area contributed by atoms with Crippen LogP contribution in [0.3, 0.4) is 0 Å². The molecular weight excluding hydrogens is 406 g/mol. The molecule has 2 saturated heterocycles. The van der Waals surface area contributed by atoms with Crippen molar-refractivity contribution in [3.05, 3.63) is 54.1 Å². The number of carbonyl (C=O) groups excluding carboxylic acids is 2. The van der Waals surface area contributed by atoms with Gasteiger partial charge in [0.15, 0.2) is 5.72 Å². The number of anilines is 1. The zero-order chi connectivity index (χ0) is 22.5. The van der Waals surface area contributed by atoms with Crippen molar-refractivity contribution < 1.29 is 19.1 Å². The van der Waals surface area contributed by atoms with Gasteiger partial charge in [0.1, 0.15) is 17.4 Å². The average Bonchev–Trinajstić information content (AvgIpc) is 2.83. The molecule has 7 nitrogen and oxygen atoms in total. The van der Waals surface area contributed by atoms with Crippen LogP contribution in [0.1, 0.15) is 24.8 Å². The van der Waals surface area contributed by atoms with Crippen LogP contribution in [-0.2, 0) is 9.59 Å². The Labute approximate surface area is 188 Å². The maximum atomic E-state index is 13.7. The number of hydrogen-bond donors (Lipinski definition) is 0. The number of rotatable bonds is 3. The van der Waals surface area contributed by atoms with E-state index in [1.165, 1.54) is 0 Å². The van der Waals surface area contributed by atoms with Gasteiger partial charge in [-0.15, -0.1) is 0 Å². The Morgan fingerprint density at radius 3 is 2.59 bits per heavy atom. The molecule has 2 fully saturated rings. The van der Waals surface area contributed by atoms with Crippen LogP contribution in [0.2, 0.25) is 0 Å². The monoisotopic (exact) mass is 435 g/mol. The average molecular weight is 436 g/mol. The summed E-state index contributed by atoms with van der Waals surface area (Å²) in [5.41, 5.74) is 1.32. The summed E-state index contributed by atoms with van der Waals surface area (Å²) >= 11 is 0. The topological polar surface area (TPSA) is 62.3 Å². The summed E-state index contributed by atoms with van der Waals surface area (Å²) in [5.74, 6) is 0.484. The van der Waals surface area contributed by atoms with Crippen molar-refractivity contribution in [2.75, 3.05) is 45.2 Å². The van der Waals surface area contributed by atoms with E-state index in [-0.39, 0.29) is 17.7 Å². The first-order valence-corrected chi connectivity index (χ1v) is 11.1. The van der Waals surface area contributed by atoms with E-state index < -0.39 is 11.6 Å². The Balaban J connectivity index is 1.36. The Hall–Kier alpha value is -3.22. The van der Waals surface area contributed by atoms with Gasteiger partial charge >= 0.3 is 0 Å². The summed E-state index contributed by atoms with van der Waals surface area (Å²) in [6.45, 7) is 4.55. The molecule has 0 radical (unpaired) electrons.